The van der Waals surface area contributed by atoms with Gasteiger partial charge >= 0.3 is 12.1 Å². The highest BCUT2D eigenvalue weighted by Crippen LogP contribution is 2.07. The number of hydrogen-bond donors (Lipinski definition) is 3. The second-order valence-corrected chi connectivity index (χ2v) is 5.62. The Hall–Kier alpha value is -1.83. The molecule has 0 saturated heterocycles. The van der Waals surface area contributed by atoms with Gasteiger partial charge in [0.15, 0.2) is 0 Å². The first-order valence-electron chi connectivity index (χ1n) is 6.53. The average Bonchev–Trinajstić information content (AvgIpc) is 2.31. The van der Waals surface area contributed by atoms with Gasteiger partial charge in [-0.25, -0.2) is 9.59 Å². The Morgan fingerprint density at radius 1 is 1.10 bits per heavy atom. The summed E-state index contributed by atoms with van der Waals surface area (Å²) in [4.78, 5) is 34.8. The first-order valence-corrected chi connectivity index (χ1v) is 6.53. The molecule has 8 heteroatoms. The van der Waals surface area contributed by atoms with E-state index >= 15 is 0 Å². The molecule has 0 aliphatic carbocycles. The zero-order valence-corrected chi connectivity index (χ0v) is 13.2. The molecule has 0 heterocycles. The fraction of sp³-hybridized carbons (Fsp3) is 0.769. The van der Waals surface area contributed by atoms with Gasteiger partial charge in [0, 0.05) is 0 Å². The van der Waals surface area contributed by atoms with E-state index < -0.39 is 41.8 Å². The Morgan fingerprint density at radius 3 is 2.00 bits per heavy atom. The maximum absolute atomic E-state index is 12.0. The Labute approximate surface area is 124 Å². The smallest absolute Gasteiger partial charge is 0.408 e. The molecule has 3 unspecified atom stereocenters. The van der Waals surface area contributed by atoms with Gasteiger partial charge in [-0.2, -0.15) is 0 Å². The molecule has 0 rings (SSSR count). The quantitative estimate of drug-likeness (QED) is 0.613. The Balaban J connectivity index is 4.72. The van der Waals surface area contributed by atoms with Crippen LogP contribution in [0.4, 0.5) is 4.79 Å². The number of aliphatic hydroxyl groups excluding tert-OH is 1. The van der Waals surface area contributed by atoms with E-state index in [9.17, 15) is 19.5 Å². The zero-order chi connectivity index (χ0) is 16.8. The Kier molecular flexibility index (Phi) is 7.14. The number of esters is 1. The molecule has 0 aliphatic rings. The number of alkyl carbamates (subject to hydrolysis) is 1. The number of aliphatic hydroxyl groups is 1. The maximum atomic E-state index is 12.0. The lowest BCUT2D eigenvalue weighted by Gasteiger charge is -2.25. The highest BCUT2D eigenvalue weighted by Gasteiger charge is 2.30. The van der Waals surface area contributed by atoms with Crippen LogP contribution in [0.2, 0.25) is 0 Å². The molecule has 122 valence electrons. The minimum Gasteiger partial charge on any atom is -0.467 e. The van der Waals surface area contributed by atoms with Crippen LogP contribution in [0.3, 0.4) is 0 Å². The summed E-state index contributed by atoms with van der Waals surface area (Å²) >= 11 is 0. The monoisotopic (exact) mass is 304 g/mol. The van der Waals surface area contributed by atoms with E-state index in [4.69, 9.17) is 4.74 Å². The maximum Gasteiger partial charge on any atom is 0.408 e. The summed E-state index contributed by atoms with van der Waals surface area (Å²) in [7, 11) is 1.19. The van der Waals surface area contributed by atoms with E-state index in [1.807, 2.05) is 0 Å². The van der Waals surface area contributed by atoms with E-state index in [0.29, 0.717) is 0 Å². The molecule has 8 nitrogen and oxygen atoms in total. The van der Waals surface area contributed by atoms with Crippen molar-refractivity contribution in [1.29, 1.82) is 0 Å². The van der Waals surface area contributed by atoms with Gasteiger partial charge in [-0.05, 0) is 34.6 Å². The lowest BCUT2D eigenvalue weighted by molar-refractivity contribution is -0.145. The summed E-state index contributed by atoms with van der Waals surface area (Å²) in [6, 6.07) is -2.14. The van der Waals surface area contributed by atoms with E-state index in [1.165, 1.54) is 21.0 Å². The SMILES string of the molecule is COC(=O)C(C)NC(=O)C(NC(=O)OC(C)(C)C)C(C)O. The fourth-order valence-electron chi connectivity index (χ4n) is 1.38. The van der Waals surface area contributed by atoms with Crippen molar-refractivity contribution in [1.82, 2.24) is 10.6 Å². The first kappa shape index (κ1) is 19.2. The zero-order valence-electron chi connectivity index (χ0n) is 13.2. The number of carbonyl (C=O) groups is 3. The molecule has 2 amide bonds. The van der Waals surface area contributed by atoms with Crippen molar-refractivity contribution in [2.24, 2.45) is 0 Å². The lowest BCUT2D eigenvalue weighted by atomic mass is 10.1. The molecule has 3 atom stereocenters. The Bertz CT molecular complexity index is 389. The van der Waals surface area contributed by atoms with Crippen molar-refractivity contribution in [3.63, 3.8) is 0 Å². The van der Waals surface area contributed by atoms with Gasteiger partial charge in [0.1, 0.15) is 17.7 Å². The first-order chi connectivity index (χ1) is 9.47. The van der Waals surface area contributed by atoms with Crippen LogP contribution in [-0.2, 0) is 19.1 Å². The van der Waals surface area contributed by atoms with E-state index in [2.05, 4.69) is 15.4 Å². The van der Waals surface area contributed by atoms with Gasteiger partial charge in [-0.3, -0.25) is 4.79 Å². The summed E-state index contributed by atoms with van der Waals surface area (Å²) in [6.45, 7) is 7.77. The number of hydrogen-bond acceptors (Lipinski definition) is 6. The number of nitrogens with one attached hydrogen (secondary N) is 2. The highest BCUT2D eigenvalue weighted by molar-refractivity contribution is 5.89. The van der Waals surface area contributed by atoms with Crippen LogP contribution in [0.5, 0.6) is 0 Å². The number of rotatable bonds is 5. The van der Waals surface area contributed by atoms with Gasteiger partial charge in [0.25, 0.3) is 0 Å². The fourth-order valence-corrected chi connectivity index (χ4v) is 1.38. The summed E-state index contributed by atoms with van der Waals surface area (Å²) in [5, 5.41) is 14.2. The van der Waals surface area contributed by atoms with Gasteiger partial charge in [0.2, 0.25) is 5.91 Å². The topological polar surface area (TPSA) is 114 Å². The van der Waals surface area contributed by atoms with Crippen molar-refractivity contribution < 1.29 is 29.0 Å². The van der Waals surface area contributed by atoms with Crippen LogP contribution in [0, 0.1) is 0 Å². The lowest BCUT2D eigenvalue weighted by Crippen LogP contribution is -2.55. The molecule has 0 fully saturated rings. The van der Waals surface area contributed by atoms with Crippen LogP contribution >= 0.6 is 0 Å². The third kappa shape index (κ3) is 7.50. The molecule has 3 N–H and O–H groups in total. The van der Waals surface area contributed by atoms with Crippen molar-refractivity contribution >= 4 is 18.0 Å². The predicted octanol–water partition coefficient (Wildman–Crippen LogP) is -0.0618. The van der Waals surface area contributed by atoms with Crippen molar-refractivity contribution in [3.05, 3.63) is 0 Å². The van der Waals surface area contributed by atoms with Crippen LogP contribution < -0.4 is 10.6 Å². The minimum absolute atomic E-state index is 0.634. The third-order valence-corrected chi connectivity index (χ3v) is 2.35. The standard InChI is InChI=1S/C13H24N2O6/c1-7(11(18)20-6)14-10(17)9(8(2)16)15-12(19)21-13(3,4)5/h7-9,16H,1-6H3,(H,14,17)(H,15,19). The molecular weight excluding hydrogens is 280 g/mol. The summed E-state index contributed by atoms with van der Waals surface area (Å²) in [5.41, 5.74) is -0.733. The van der Waals surface area contributed by atoms with Crippen molar-refractivity contribution in [2.75, 3.05) is 7.11 Å². The summed E-state index contributed by atoms with van der Waals surface area (Å²) in [6.07, 6.45) is -2.00. The van der Waals surface area contributed by atoms with Crippen molar-refractivity contribution in [3.8, 4) is 0 Å². The molecule has 0 spiro atoms. The Morgan fingerprint density at radius 2 is 1.62 bits per heavy atom. The van der Waals surface area contributed by atoms with Crippen LogP contribution in [0.25, 0.3) is 0 Å². The van der Waals surface area contributed by atoms with Gasteiger partial charge < -0.3 is 25.2 Å². The van der Waals surface area contributed by atoms with Crippen LogP contribution in [0.1, 0.15) is 34.6 Å². The molecule has 21 heavy (non-hydrogen) atoms. The summed E-state index contributed by atoms with van der Waals surface area (Å²) in [5.74, 6) is -1.35. The van der Waals surface area contributed by atoms with Crippen LogP contribution in [-0.4, -0.2) is 54.0 Å². The highest BCUT2D eigenvalue weighted by atomic mass is 16.6. The second-order valence-electron chi connectivity index (χ2n) is 5.62. The average molecular weight is 304 g/mol. The molecule has 0 aromatic carbocycles. The van der Waals surface area contributed by atoms with E-state index in [0.717, 1.165) is 0 Å². The second kappa shape index (κ2) is 7.82. The number of amides is 2. The largest absolute Gasteiger partial charge is 0.467 e. The summed E-state index contributed by atoms with van der Waals surface area (Å²) < 4.78 is 9.48. The van der Waals surface area contributed by atoms with E-state index in [1.54, 1.807) is 20.8 Å². The minimum atomic E-state index is -1.24. The van der Waals surface area contributed by atoms with Crippen molar-refractivity contribution in [2.45, 2.75) is 58.4 Å². The normalized spacial score (nSPS) is 15.4. The predicted molar refractivity (Wildman–Crippen MR) is 74.5 cm³/mol. The number of methoxy groups -OCH3 is 1. The number of ether oxygens (including phenoxy) is 2. The van der Waals surface area contributed by atoms with E-state index in [-0.39, 0.29) is 0 Å². The number of carbonyl (C=O) groups excluding carboxylic acids is 3. The van der Waals surface area contributed by atoms with Crippen LogP contribution in [0.15, 0.2) is 0 Å². The van der Waals surface area contributed by atoms with Gasteiger partial charge in [0.05, 0.1) is 13.2 Å². The van der Waals surface area contributed by atoms with Gasteiger partial charge in [-0.1, -0.05) is 0 Å². The molecule has 0 aromatic rings. The molecule has 0 aliphatic heterocycles. The molecule has 0 bridgehead atoms. The molecule has 0 radical (unpaired) electrons. The molecule has 0 aromatic heterocycles. The third-order valence-electron chi connectivity index (χ3n) is 2.35. The molecule has 0 saturated carbocycles. The molecular formula is C13H24N2O6. The van der Waals surface area contributed by atoms with Gasteiger partial charge in [-0.15, -0.1) is 0 Å².